The summed E-state index contributed by atoms with van der Waals surface area (Å²) in [6, 6.07) is 13.5. The molecule has 0 atom stereocenters. The van der Waals surface area contributed by atoms with Crippen molar-refractivity contribution in [2.75, 3.05) is 36.5 Å². The first-order chi connectivity index (χ1) is 15.1. The van der Waals surface area contributed by atoms with Crippen molar-refractivity contribution < 1.29 is 19.0 Å². The van der Waals surface area contributed by atoms with E-state index < -0.39 is 5.97 Å². The molecule has 1 aliphatic heterocycles. The molecule has 0 unspecified atom stereocenters. The highest BCUT2D eigenvalue weighted by molar-refractivity contribution is 5.86. The van der Waals surface area contributed by atoms with Gasteiger partial charge in [0, 0.05) is 36.6 Å². The van der Waals surface area contributed by atoms with Gasteiger partial charge in [-0.05, 0) is 47.5 Å². The lowest BCUT2D eigenvalue weighted by atomic mass is 10.0. The predicted molar refractivity (Wildman–Crippen MR) is 117 cm³/mol. The van der Waals surface area contributed by atoms with E-state index in [0.717, 1.165) is 28.6 Å². The van der Waals surface area contributed by atoms with Gasteiger partial charge in [0.25, 0.3) is 0 Å². The zero-order chi connectivity index (χ0) is 21.6. The topological polar surface area (TPSA) is 87.6 Å². The molecule has 4 rings (SSSR count). The minimum absolute atomic E-state index is 0.312. The van der Waals surface area contributed by atoms with E-state index in [1.165, 1.54) is 12.1 Å². The molecule has 0 spiro atoms. The molecule has 1 aliphatic rings. The average molecular weight is 420 g/mol. The van der Waals surface area contributed by atoms with Gasteiger partial charge in [-0.3, -0.25) is 0 Å². The molecule has 0 radical (unpaired) electrons. The minimum Gasteiger partial charge on any atom is -0.478 e. The Morgan fingerprint density at radius 2 is 1.94 bits per heavy atom. The van der Waals surface area contributed by atoms with Gasteiger partial charge < -0.3 is 20.1 Å². The number of nitrogens with one attached hydrogen (secondary N) is 1. The fourth-order valence-electron chi connectivity index (χ4n) is 3.29. The molecule has 1 fully saturated rings. The Morgan fingerprint density at radius 1 is 1.16 bits per heavy atom. The van der Waals surface area contributed by atoms with Crippen LogP contribution < -0.4 is 10.2 Å². The number of anilines is 3. The molecule has 2 aromatic carbocycles. The van der Waals surface area contributed by atoms with Gasteiger partial charge in [-0.25, -0.2) is 14.2 Å². The third-order valence-corrected chi connectivity index (χ3v) is 4.80. The second kappa shape index (κ2) is 9.36. The molecule has 0 saturated carbocycles. The van der Waals surface area contributed by atoms with Gasteiger partial charge in [0.1, 0.15) is 11.6 Å². The number of halogens is 1. The second-order valence-corrected chi connectivity index (χ2v) is 6.96. The maximum Gasteiger partial charge on any atom is 0.328 e. The van der Waals surface area contributed by atoms with Crippen molar-refractivity contribution in [3.8, 4) is 11.1 Å². The number of aliphatic carboxylic acids is 1. The first kappa shape index (κ1) is 20.5. The monoisotopic (exact) mass is 420 g/mol. The van der Waals surface area contributed by atoms with Crippen molar-refractivity contribution in [1.29, 1.82) is 0 Å². The number of nitrogens with zero attached hydrogens (tertiary/aromatic N) is 3. The van der Waals surface area contributed by atoms with Gasteiger partial charge in [-0.15, -0.1) is 0 Å². The van der Waals surface area contributed by atoms with Crippen LogP contribution in [0.25, 0.3) is 17.2 Å². The molecule has 0 bridgehead atoms. The Balaban J connectivity index is 1.70. The fourth-order valence-corrected chi connectivity index (χ4v) is 3.29. The van der Waals surface area contributed by atoms with Crippen molar-refractivity contribution >= 4 is 29.5 Å². The molecule has 7 nitrogen and oxygen atoms in total. The summed E-state index contributed by atoms with van der Waals surface area (Å²) < 4.78 is 18.7. The Labute approximate surface area is 178 Å². The first-order valence-electron chi connectivity index (χ1n) is 9.82. The molecule has 31 heavy (non-hydrogen) atoms. The van der Waals surface area contributed by atoms with Gasteiger partial charge >= 0.3 is 5.97 Å². The highest BCUT2D eigenvalue weighted by Gasteiger charge is 2.19. The van der Waals surface area contributed by atoms with E-state index in [2.05, 4.69) is 15.2 Å². The predicted octanol–water partition coefficient (Wildman–Crippen LogP) is 3.96. The van der Waals surface area contributed by atoms with E-state index in [1.54, 1.807) is 24.4 Å². The Kier molecular flexibility index (Phi) is 6.18. The highest BCUT2D eigenvalue weighted by Crippen LogP contribution is 2.31. The first-order valence-corrected chi connectivity index (χ1v) is 9.82. The van der Waals surface area contributed by atoms with E-state index in [4.69, 9.17) is 14.8 Å². The Morgan fingerprint density at radius 3 is 2.68 bits per heavy atom. The standard InChI is InChI=1S/C23H21FN4O3/c24-18-5-7-19(8-6-18)26-23-25-15-20(22(27-23)28-10-12-31-13-11-28)17-3-1-2-16(14-17)4-9-21(29)30/h1-9,14-15H,10-13H2,(H,29,30)(H,25,26,27). The Bertz CT molecular complexity index is 1100. The van der Waals surface area contributed by atoms with Crippen LogP contribution >= 0.6 is 0 Å². The van der Waals surface area contributed by atoms with Crippen LogP contribution in [0.3, 0.4) is 0 Å². The van der Waals surface area contributed by atoms with Gasteiger partial charge in [-0.1, -0.05) is 18.2 Å². The van der Waals surface area contributed by atoms with Crippen molar-refractivity contribution in [3.05, 3.63) is 72.2 Å². The lowest BCUT2D eigenvalue weighted by Crippen LogP contribution is -2.37. The lowest BCUT2D eigenvalue weighted by molar-refractivity contribution is -0.131. The van der Waals surface area contributed by atoms with Crippen molar-refractivity contribution in [2.24, 2.45) is 0 Å². The summed E-state index contributed by atoms with van der Waals surface area (Å²) in [4.78, 5) is 22.2. The summed E-state index contributed by atoms with van der Waals surface area (Å²) in [6.45, 7) is 2.59. The quantitative estimate of drug-likeness (QED) is 0.584. The third-order valence-electron chi connectivity index (χ3n) is 4.80. The molecule has 2 heterocycles. The summed E-state index contributed by atoms with van der Waals surface area (Å²) in [5.74, 6) is -0.160. The molecule has 158 valence electrons. The maximum absolute atomic E-state index is 13.2. The SMILES string of the molecule is O=C(O)C=Cc1cccc(-c2cnc(Nc3ccc(F)cc3)nc2N2CCOCC2)c1. The van der Waals surface area contributed by atoms with Gasteiger partial charge in [0.05, 0.1) is 13.2 Å². The summed E-state index contributed by atoms with van der Waals surface area (Å²) in [6.07, 6.45) is 4.39. The average Bonchev–Trinajstić information content (AvgIpc) is 2.80. The van der Waals surface area contributed by atoms with E-state index in [0.29, 0.717) is 37.9 Å². The number of carboxylic acid groups (broad SMARTS) is 1. The molecular formula is C23H21FN4O3. The van der Waals surface area contributed by atoms with Crippen molar-refractivity contribution in [1.82, 2.24) is 9.97 Å². The van der Waals surface area contributed by atoms with Crippen molar-refractivity contribution in [2.45, 2.75) is 0 Å². The minimum atomic E-state index is -1.00. The van der Waals surface area contributed by atoms with E-state index in [-0.39, 0.29) is 5.82 Å². The van der Waals surface area contributed by atoms with Crippen LogP contribution in [0.2, 0.25) is 0 Å². The number of hydrogen-bond donors (Lipinski definition) is 2. The summed E-state index contributed by atoms with van der Waals surface area (Å²) in [7, 11) is 0. The van der Waals surface area contributed by atoms with Crippen LogP contribution in [0.15, 0.2) is 60.8 Å². The number of carbonyl (C=O) groups is 1. The summed E-state index contributed by atoms with van der Waals surface area (Å²) in [5.41, 5.74) is 3.16. The van der Waals surface area contributed by atoms with E-state index in [9.17, 15) is 9.18 Å². The third kappa shape index (κ3) is 5.23. The smallest absolute Gasteiger partial charge is 0.328 e. The van der Waals surface area contributed by atoms with Crippen molar-refractivity contribution in [3.63, 3.8) is 0 Å². The van der Waals surface area contributed by atoms with E-state index in [1.807, 2.05) is 24.3 Å². The molecule has 0 aliphatic carbocycles. The lowest BCUT2D eigenvalue weighted by Gasteiger charge is -2.29. The van der Waals surface area contributed by atoms with Crippen LogP contribution in [0, 0.1) is 5.82 Å². The van der Waals surface area contributed by atoms with Crippen LogP contribution in [0.4, 0.5) is 21.8 Å². The van der Waals surface area contributed by atoms with Crippen LogP contribution in [0.5, 0.6) is 0 Å². The Hall–Kier alpha value is -3.78. The summed E-state index contributed by atoms with van der Waals surface area (Å²) >= 11 is 0. The molecule has 1 aromatic heterocycles. The summed E-state index contributed by atoms with van der Waals surface area (Å²) in [5, 5.41) is 12.0. The highest BCUT2D eigenvalue weighted by atomic mass is 19.1. The van der Waals surface area contributed by atoms with E-state index >= 15 is 0 Å². The normalized spacial score (nSPS) is 14.0. The number of ether oxygens (including phenoxy) is 1. The number of morpholine rings is 1. The molecular weight excluding hydrogens is 399 g/mol. The zero-order valence-electron chi connectivity index (χ0n) is 16.7. The largest absolute Gasteiger partial charge is 0.478 e. The van der Waals surface area contributed by atoms with Gasteiger partial charge in [0.15, 0.2) is 0 Å². The number of carboxylic acids is 1. The molecule has 3 aromatic rings. The number of aromatic nitrogens is 2. The molecule has 2 N–H and O–H groups in total. The second-order valence-electron chi connectivity index (χ2n) is 6.96. The molecule has 1 saturated heterocycles. The van der Waals surface area contributed by atoms with Crippen LogP contribution in [-0.4, -0.2) is 47.3 Å². The fraction of sp³-hybridized carbons (Fsp3) is 0.174. The zero-order valence-corrected chi connectivity index (χ0v) is 16.7. The maximum atomic E-state index is 13.2. The van der Waals surface area contributed by atoms with Crippen LogP contribution in [-0.2, 0) is 9.53 Å². The molecule has 0 amide bonds. The number of hydrogen-bond acceptors (Lipinski definition) is 6. The molecule has 8 heteroatoms. The van der Waals surface area contributed by atoms with Crippen LogP contribution in [0.1, 0.15) is 5.56 Å². The van der Waals surface area contributed by atoms with Gasteiger partial charge in [0.2, 0.25) is 5.95 Å². The number of benzene rings is 2. The number of rotatable bonds is 6. The van der Waals surface area contributed by atoms with Gasteiger partial charge in [-0.2, -0.15) is 4.98 Å².